The second-order valence-electron chi connectivity index (χ2n) is 6.44. The lowest BCUT2D eigenvalue weighted by atomic mass is 10.0. The van der Waals surface area contributed by atoms with Crippen LogP contribution in [0, 0.1) is 0 Å². The molecule has 0 saturated heterocycles. The van der Waals surface area contributed by atoms with E-state index in [0.717, 1.165) is 12.1 Å². The summed E-state index contributed by atoms with van der Waals surface area (Å²) < 4.78 is 91.6. The Kier molecular flexibility index (Phi) is 5.92. The summed E-state index contributed by atoms with van der Waals surface area (Å²) in [6.45, 7) is 0. The maximum absolute atomic E-state index is 14.6. The van der Waals surface area contributed by atoms with Crippen LogP contribution < -0.4 is 20.9 Å². The minimum atomic E-state index is -6.13. The normalized spacial score (nSPS) is 13.0. The van der Waals surface area contributed by atoms with Gasteiger partial charge in [0.15, 0.2) is 23.0 Å². The summed E-state index contributed by atoms with van der Waals surface area (Å²) in [5.41, 5.74) is 10.7. The Morgan fingerprint density at radius 2 is 1.13 bits per heavy atom. The van der Waals surface area contributed by atoms with Crippen LogP contribution in [0.3, 0.4) is 0 Å². The molecular weight excluding hydrogens is 426 g/mol. The van der Waals surface area contributed by atoms with Crippen LogP contribution >= 0.6 is 0 Å². The molecule has 0 radical (unpaired) electrons. The molecule has 0 aromatic heterocycles. The highest BCUT2D eigenvalue weighted by atomic mass is 19.4. The number of rotatable bonds is 6. The molecule has 3 aromatic carbocycles. The molecule has 164 valence electrons. The molecule has 10 heteroatoms. The van der Waals surface area contributed by atoms with Crippen LogP contribution in [-0.2, 0) is 0 Å². The zero-order valence-electron chi connectivity index (χ0n) is 15.7. The molecule has 0 aliphatic carbocycles. The van der Waals surface area contributed by atoms with Gasteiger partial charge in [-0.2, -0.15) is 22.0 Å². The first kappa shape index (κ1) is 22.1. The Balaban J connectivity index is 2.14. The van der Waals surface area contributed by atoms with E-state index in [1.165, 1.54) is 36.4 Å². The van der Waals surface area contributed by atoms with Crippen LogP contribution in [-0.4, -0.2) is 12.1 Å². The second-order valence-corrected chi connectivity index (χ2v) is 6.44. The maximum atomic E-state index is 14.6. The summed E-state index contributed by atoms with van der Waals surface area (Å²) in [5.74, 6) is -6.75. The van der Waals surface area contributed by atoms with Crippen LogP contribution in [0.25, 0.3) is 0 Å². The molecule has 0 fully saturated rings. The van der Waals surface area contributed by atoms with Crippen molar-refractivity contribution in [1.82, 2.24) is 0 Å². The van der Waals surface area contributed by atoms with E-state index in [-0.39, 0.29) is 28.6 Å². The predicted octanol–water partition coefficient (Wildman–Crippen LogP) is 6.64. The van der Waals surface area contributed by atoms with Gasteiger partial charge in [0.1, 0.15) is 0 Å². The molecule has 1 unspecified atom stereocenters. The molecule has 0 amide bonds. The number of nitrogen functional groups attached to an aromatic ring is 2. The number of para-hydroxylation sites is 5. The number of ether oxygens (including phenoxy) is 2. The van der Waals surface area contributed by atoms with Gasteiger partial charge in [-0.25, -0.2) is 4.39 Å². The summed E-state index contributed by atoms with van der Waals surface area (Å²) in [5, 5.41) is 0. The number of hydrogen-bond donors (Lipinski definition) is 2. The topological polar surface area (TPSA) is 70.5 Å². The fourth-order valence-electron chi connectivity index (χ4n) is 2.64. The van der Waals surface area contributed by atoms with Crippen LogP contribution in [0.1, 0.15) is 11.7 Å². The second kappa shape index (κ2) is 8.29. The standard InChI is InChI=1S/C21H16F6N2O2/c22-19(20(23,24)21(25,26)27)12-6-5-11-17(30-15-9-3-1-7-13(15)28)18(12)31-16-10-4-2-8-14(16)29/h1-11,19H,28-29H2. The molecular formula is C21H16F6N2O2. The van der Waals surface area contributed by atoms with Gasteiger partial charge >= 0.3 is 12.1 Å². The van der Waals surface area contributed by atoms with E-state index in [9.17, 15) is 26.3 Å². The number of nitrogens with two attached hydrogens (primary N) is 2. The molecule has 0 aliphatic rings. The molecule has 4 nitrogen and oxygen atoms in total. The lowest BCUT2D eigenvalue weighted by Gasteiger charge is -2.25. The summed E-state index contributed by atoms with van der Waals surface area (Å²) in [6.07, 6.45) is -9.90. The Morgan fingerprint density at radius 3 is 1.65 bits per heavy atom. The number of halogens is 6. The van der Waals surface area contributed by atoms with Crippen molar-refractivity contribution >= 4 is 11.4 Å². The maximum Gasteiger partial charge on any atom is 0.456 e. The third-order valence-electron chi connectivity index (χ3n) is 4.25. The average molecular weight is 442 g/mol. The largest absolute Gasteiger partial charge is 0.456 e. The van der Waals surface area contributed by atoms with E-state index in [2.05, 4.69) is 0 Å². The lowest BCUT2D eigenvalue weighted by molar-refractivity contribution is -0.305. The molecule has 0 spiro atoms. The number of anilines is 2. The molecule has 0 bridgehead atoms. The van der Waals surface area contributed by atoms with Crippen LogP contribution in [0.15, 0.2) is 66.7 Å². The summed E-state index contributed by atoms with van der Waals surface area (Å²) >= 11 is 0. The van der Waals surface area contributed by atoms with Gasteiger partial charge < -0.3 is 20.9 Å². The van der Waals surface area contributed by atoms with Gasteiger partial charge in [0.05, 0.1) is 11.4 Å². The minimum absolute atomic E-state index is 0.0421. The third-order valence-corrected chi connectivity index (χ3v) is 4.25. The van der Waals surface area contributed by atoms with E-state index in [0.29, 0.717) is 0 Å². The summed E-state index contributed by atoms with van der Waals surface area (Å²) in [6, 6.07) is 14.9. The van der Waals surface area contributed by atoms with E-state index < -0.39 is 29.6 Å². The highest BCUT2D eigenvalue weighted by Gasteiger charge is 2.64. The van der Waals surface area contributed by atoms with Gasteiger partial charge in [-0.1, -0.05) is 36.4 Å². The zero-order valence-corrected chi connectivity index (χ0v) is 15.7. The highest BCUT2D eigenvalue weighted by molar-refractivity contribution is 5.60. The van der Waals surface area contributed by atoms with Crippen LogP contribution in [0.4, 0.5) is 37.7 Å². The van der Waals surface area contributed by atoms with Gasteiger partial charge in [-0.15, -0.1) is 0 Å². The first-order valence-electron chi connectivity index (χ1n) is 8.78. The fourth-order valence-corrected chi connectivity index (χ4v) is 2.64. The first-order chi connectivity index (χ1) is 14.5. The number of alkyl halides is 6. The quantitative estimate of drug-likeness (QED) is 0.332. The van der Waals surface area contributed by atoms with Crippen molar-refractivity contribution in [3.8, 4) is 23.0 Å². The number of benzene rings is 3. The lowest BCUT2D eigenvalue weighted by Crippen LogP contribution is -2.40. The van der Waals surface area contributed by atoms with E-state index in [1.807, 2.05) is 0 Å². The van der Waals surface area contributed by atoms with Gasteiger partial charge in [0.2, 0.25) is 6.17 Å². The first-order valence-corrected chi connectivity index (χ1v) is 8.78. The molecule has 0 aliphatic heterocycles. The molecule has 1 atom stereocenters. The summed E-state index contributed by atoms with van der Waals surface area (Å²) in [7, 11) is 0. The Bertz CT molecular complexity index is 1070. The van der Waals surface area contributed by atoms with Crippen molar-refractivity contribution in [3.05, 3.63) is 72.3 Å². The van der Waals surface area contributed by atoms with Crippen molar-refractivity contribution in [2.24, 2.45) is 0 Å². The Hall–Kier alpha value is -3.56. The van der Waals surface area contributed by atoms with Crippen molar-refractivity contribution < 1.29 is 35.8 Å². The van der Waals surface area contributed by atoms with E-state index in [4.69, 9.17) is 20.9 Å². The van der Waals surface area contributed by atoms with Crippen molar-refractivity contribution in [2.75, 3.05) is 11.5 Å². The number of hydrogen-bond acceptors (Lipinski definition) is 4. The summed E-state index contributed by atoms with van der Waals surface area (Å²) in [4.78, 5) is 0. The monoisotopic (exact) mass is 442 g/mol. The minimum Gasteiger partial charge on any atom is -0.451 e. The fraction of sp³-hybridized carbons (Fsp3) is 0.143. The van der Waals surface area contributed by atoms with Crippen LogP contribution in [0.5, 0.6) is 23.0 Å². The molecule has 0 heterocycles. The van der Waals surface area contributed by atoms with Crippen molar-refractivity contribution in [1.29, 1.82) is 0 Å². The van der Waals surface area contributed by atoms with E-state index >= 15 is 0 Å². The third kappa shape index (κ3) is 4.47. The van der Waals surface area contributed by atoms with Crippen LogP contribution in [0.2, 0.25) is 0 Å². The van der Waals surface area contributed by atoms with Gasteiger partial charge in [-0.3, -0.25) is 0 Å². The molecule has 3 rings (SSSR count). The molecule has 0 saturated carbocycles. The van der Waals surface area contributed by atoms with Crippen molar-refractivity contribution in [2.45, 2.75) is 18.3 Å². The van der Waals surface area contributed by atoms with Gasteiger partial charge in [0, 0.05) is 5.56 Å². The SMILES string of the molecule is Nc1ccccc1Oc1cccc(C(F)C(F)(F)C(F)(F)F)c1Oc1ccccc1N. The Morgan fingerprint density at radius 1 is 0.645 bits per heavy atom. The van der Waals surface area contributed by atoms with E-state index in [1.54, 1.807) is 18.2 Å². The van der Waals surface area contributed by atoms with Gasteiger partial charge in [0.25, 0.3) is 0 Å². The molecule has 3 aromatic rings. The Labute approximate surface area is 173 Å². The van der Waals surface area contributed by atoms with Crippen molar-refractivity contribution in [3.63, 3.8) is 0 Å². The molecule has 31 heavy (non-hydrogen) atoms. The smallest absolute Gasteiger partial charge is 0.451 e. The zero-order chi connectivity index (χ0) is 22.8. The average Bonchev–Trinajstić information content (AvgIpc) is 2.71. The predicted molar refractivity (Wildman–Crippen MR) is 103 cm³/mol. The van der Waals surface area contributed by atoms with Gasteiger partial charge in [-0.05, 0) is 30.3 Å². The highest BCUT2D eigenvalue weighted by Crippen LogP contribution is 2.51. The molecule has 4 N–H and O–H groups in total.